The monoisotopic (exact) mass is 1720 g/mol. The van der Waals surface area contributed by atoms with Gasteiger partial charge in [-0.2, -0.15) is 0 Å². The summed E-state index contributed by atoms with van der Waals surface area (Å²) in [4.78, 5) is 143. The number of anilines is 1. The van der Waals surface area contributed by atoms with E-state index in [4.69, 9.17) is 62.6 Å². The van der Waals surface area contributed by atoms with Crippen molar-refractivity contribution in [2.45, 2.75) is 142 Å². The zero-order chi connectivity index (χ0) is 91.4. The number of rotatable bonds is 12. The number of hydrogen-bond donors (Lipinski definition) is 5. The fourth-order valence-corrected chi connectivity index (χ4v) is 12.1. The van der Waals surface area contributed by atoms with Gasteiger partial charge in [0.2, 0.25) is 0 Å². The number of carbonyl (C=O) groups excluding carboxylic acids is 8. The van der Waals surface area contributed by atoms with E-state index in [2.05, 4.69) is 34.1 Å². The minimum Gasteiger partial charge on any atom is -0.497 e. The smallest absolute Gasteiger partial charge is 0.411 e. The lowest BCUT2D eigenvalue weighted by Gasteiger charge is -2.29. The molecule has 34 heteroatoms. The maximum absolute atomic E-state index is 12.6. The van der Waals surface area contributed by atoms with Crippen molar-refractivity contribution >= 4 is 97.3 Å². The number of ether oxygens (including phenoxy) is 15. The van der Waals surface area contributed by atoms with Gasteiger partial charge in [-0.1, -0.05) is 30.3 Å². The highest BCUT2D eigenvalue weighted by atomic mass is 16.8. The van der Waals surface area contributed by atoms with Crippen LogP contribution in [-0.2, 0) is 73.1 Å². The van der Waals surface area contributed by atoms with E-state index >= 15 is 0 Å². The van der Waals surface area contributed by atoms with Crippen LogP contribution < -0.4 is 55.2 Å². The molecule has 4 aromatic heterocycles. The minimum absolute atomic E-state index is 0.0220. The maximum Gasteiger partial charge on any atom is 0.411 e. The van der Waals surface area contributed by atoms with Crippen LogP contribution in [0.1, 0.15) is 94.1 Å². The molecular formula is C90H105N7O27. The molecule has 4 fully saturated rings. The number of nitrogen functional groups attached to an aromatic ring is 1. The molecule has 4 aliphatic heterocycles. The van der Waals surface area contributed by atoms with E-state index in [1.807, 2.05) is 72.8 Å². The normalized spacial score (nSPS) is 16.4. The molecule has 4 atom stereocenters. The Balaban J connectivity index is 0.000000200. The van der Waals surface area contributed by atoms with Crippen molar-refractivity contribution in [1.82, 2.24) is 29.7 Å². The number of nitrogens with one attached hydrogen (secondary N) is 3. The van der Waals surface area contributed by atoms with Crippen LogP contribution in [0.5, 0.6) is 40.2 Å². The SMILES string of the molecule is CC1(C)OC(=O)CC(=O)O1.COC(=O)[C@@H]1C[C@@H](Oc2ccnc3cc(OC)ccc23)CN1C(=O)OC(C)(C)C.COC(=O)[C@@H]1C[C@H](O)CN1C(=O)OC(C)(C)C.COc1ccc2c(=O)cc[nH]c2c1.COc1ccc2c(=O)cc[nH]c2c1.COc1cccc(CC=C2C(=O)OC(C)(C)OC2=O)c1.COc1cccc(N)c1.COc1cccc2[nH]ccc(=O)c12. The lowest BCUT2D eigenvalue weighted by Crippen LogP contribution is -2.44. The van der Waals surface area contributed by atoms with E-state index in [1.165, 1.54) is 76.0 Å². The van der Waals surface area contributed by atoms with Crippen LogP contribution in [-0.4, -0.2) is 200 Å². The third kappa shape index (κ3) is 29.0. The molecule has 14 rings (SSSR count). The van der Waals surface area contributed by atoms with Crippen LogP contribution in [0, 0.1) is 0 Å². The summed E-state index contributed by atoms with van der Waals surface area (Å²) < 4.78 is 76.0. The van der Waals surface area contributed by atoms with Gasteiger partial charge in [0.1, 0.15) is 81.6 Å². The van der Waals surface area contributed by atoms with E-state index in [1.54, 1.807) is 164 Å². The van der Waals surface area contributed by atoms with Crippen LogP contribution in [0.4, 0.5) is 15.3 Å². The molecule has 8 heterocycles. The van der Waals surface area contributed by atoms with Gasteiger partial charge in [0.05, 0.1) is 104 Å². The summed E-state index contributed by atoms with van der Waals surface area (Å²) in [5.74, 6) is -0.742. The molecule has 0 radical (unpaired) electrons. The number of hydrogen-bond acceptors (Lipinski definition) is 29. The van der Waals surface area contributed by atoms with E-state index in [0.717, 1.165) is 61.7 Å². The highest BCUT2D eigenvalue weighted by molar-refractivity contribution is 6.15. The number of likely N-dealkylation sites (tertiary alicyclic amines) is 2. The first-order chi connectivity index (χ1) is 58.6. The second-order valence-corrected chi connectivity index (χ2v) is 30.3. The number of nitrogens with zero attached hydrogens (tertiary/aromatic N) is 3. The van der Waals surface area contributed by atoms with Crippen molar-refractivity contribution in [3.05, 3.63) is 218 Å². The van der Waals surface area contributed by atoms with Crippen molar-refractivity contribution in [3.8, 4) is 40.2 Å². The molecule has 0 bridgehead atoms. The number of aromatic nitrogens is 4. The van der Waals surface area contributed by atoms with Gasteiger partial charge < -0.3 is 96.8 Å². The van der Waals surface area contributed by atoms with Gasteiger partial charge in [0.25, 0.3) is 11.6 Å². The molecular weight excluding hydrogens is 1610 g/mol. The maximum atomic E-state index is 12.6. The Bertz CT molecular complexity index is 5460. The van der Waals surface area contributed by atoms with Crippen molar-refractivity contribution in [2.75, 3.05) is 75.7 Å². The molecule has 0 aliphatic carbocycles. The van der Waals surface area contributed by atoms with Gasteiger partial charge in [0, 0.05) is 130 Å². The molecule has 34 nitrogen and oxygen atoms in total. The molecule has 4 saturated heterocycles. The van der Waals surface area contributed by atoms with Gasteiger partial charge in [0.15, 0.2) is 16.3 Å². The van der Waals surface area contributed by atoms with Gasteiger partial charge >= 0.3 is 48.0 Å². The summed E-state index contributed by atoms with van der Waals surface area (Å²) in [5, 5.41) is 12.3. The fraction of sp³-hybridized carbons (Fsp3) is 0.356. The predicted octanol–water partition coefficient (Wildman–Crippen LogP) is 11.8. The Morgan fingerprint density at radius 3 is 1.44 bits per heavy atom. The zero-order valence-electron chi connectivity index (χ0n) is 72.3. The van der Waals surface area contributed by atoms with Gasteiger partial charge in [-0.25, -0.2) is 28.8 Å². The molecule has 6 aromatic carbocycles. The molecule has 2 amide bonds. The number of benzene rings is 6. The van der Waals surface area contributed by atoms with E-state index in [9.17, 15) is 57.8 Å². The van der Waals surface area contributed by atoms with Crippen molar-refractivity contribution in [3.63, 3.8) is 0 Å². The fourth-order valence-electron chi connectivity index (χ4n) is 12.1. The second-order valence-electron chi connectivity index (χ2n) is 30.3. The van der Waals surface area contributed by atoms with Crippen LogP contribution in [0.2, 0.25) is 0 Å². The molecule has 662 valence electrons. The number of nitrogens with two attached hydrogens (primary N) is 1. The summed E-state index contributed by atoms with van der Waals surface area (Å²) in [7, 11) is 12.1. The Labute approximate surface area is 714 Å². The highest BCUT2D eigenvalue weighted by Crippen LogP contribution is 2.33. The number of H-pyrrole nitrogens is 3. The number of β-amino-alcohol motifs (C(OH)–C–C–N with tert-alkyl or cyclic N) is 1. The quantitative estimate of drug-likeness (QED) is 0.0189. The molecule has 124 heavy (non-hydrogen) atoms. The lowest BCUT2D eigenvalue weighted by molar-refractivity contribution is -0.231. The number of pyridine rings is 4. The lowest BCUT2D eigenvalue weighted by atomic mass is 10.1. The number of fused-ring (bicyclic) bond motifs is 4. The Hall–Kier alpha value is -14.2. The topological polar surface area (TPSA) is 439 Å². The van der Waals surface area contributed by atoms with E-state index < -0.39 is 89.0 Å². The predicted molar refractivity (Wildman–Crippen MR) is 458 cm³/mol. The number of methoxy groups -OCH3 is 8. The average Bonchev–Trinajstić information content (AvgIpc) is 1.11. The molecule has 0 spiro atoms. The summed E-state index contributed by atoms with van der Waals surface area (Å²) >= 11 is 0. The number of amides is 2. The number of aliphatic hydroxyl groups excluding tert-OH is 1. The first kappa shape index (κ1) is 96.9. The molecule has 4 aliphatic rings. The summed E-state index contributed by atoms with van der Waals surface area (Å²) in [6.07, 6.45) is 6.40. The van der Waals surface area contributed by atoms with Crippen LogP contribution in [0.15, 0.2) is 196 Å². The Kier molecular flexibility index (Phi) is 34.7. The highest BCUT2D eigenvalue weighted by Gasteiger charge is 2.45. The second kappa shape index (κ2) is 44.4. The first-order valence-electron chi connectivity index (χ1n) is 38.6. The third-order valence-electron chi connectivity index (χ3n) is 17.7. The minimum atomic E-state index is -1.21. The van der Waals surface area contributed by atoms with E-state index in [-0.39, 0.29) is 53.9 Å². The van der Waals surface area contributed by atoms with Crippen molar-refractivity contribution in [1.29, 1.82) is 0 Å². The number of allylic oxidation sites excluding steroid dienone is 1. The Morgan fingerprint density at radius 1 is 0.500 bits per heavy atom. The molecule has 0 unspecified atom stereocenters. The first-order valence-corrected chi connectivity index (χ1v) is 38.6. The Morgan fingerprint density at radius 2 is 0.952 bits per heavy atom. The van der Waals surface area contributed by atoms with Crippen LogP contribution in [0.3, 0.4) is 0 Å². The molecule has 6 N–H and O–H groups in total. The molecule has 0 saturated carbocycles. The standard InChI is InChI=1S/C21H26N2O6.C15H16O5.C11H19NO5.3C10H9NO2.C7H9NO.C6H8O4/c1-21(2,3)29-20(25)23-12-14(11-17(23)19(24)27-5)28-18-8-9-22-16-10-13(26-4)6-7-15(16)18;1-15(2)19-13(16)12(14(17)20-15)8-7-10-5-4-6-11(9-10)18-3;1-11(2,3)17-10(15)12-6-7(13)5-8(12)9(14)16-4;2*1-13-7-2-3-8-9(6-7)11-5-4-10(8)12;1-13-9-4-2-3-7-10(9)8(12)5-6-11-7;1-9-7-4-2-3-6(8)5-7;1-6(2)9-4(7)3-5(8)10-6/h6-10,14,17H,11-12H2,1-5H3;4-6,8-9H,7H2,1-3H3;7-8,13H,5-6H2,1-4H3;3*2-6H,1H3,(H,11,12);2-5H,8H2,1H3;3H2,1-2H3/t14-,17+;;7-,8-;;;;;/m1.0...../s1. The van der Waals surface area contributed by atoms with Crippen molar-refractivity contribution in [2.24, 2.45) is 0 Å². The summed E-state index contributed by atoms with van der Waals surface area (Å²) in [5.41, 5.74) is 8.87. The number of aromatic amines is 3. The number of esters is 6. The number of carbonyl (C=O) groups is 8. The van der Waals surface area contributed by atoms with Gasteiger partial charge in [-0.05, 0) is 132 Å². The van der Waals surface area contributed by atoms with Gasteiger partial charge in [-0.3, -0.25) is 38.8 Å². The van der Waals surface area contributed by atoms with Gasteiger partial charge in [-0.15, -0.1) is 0 Å². The summed E-state index contributed by atoms with van der Waals surface area (Å²) in [6.45, 7) is 16.9. The van der Waals surface area contributed by atoms with Crippen LogP contribution >= 0.6 is 0 Å². The van der Waals surface area contributed by atoms with Crippen molar-refractivity contribution < 1.29 is 115 Å². The van der Waals surface area contributed by atoms with Crippen LogP contribution in [0.25, 0.3) is 43.6 Å². The van der Waals surface area contributed by atoms with E-state index in [0.29, 0.717) is 46.2 Å². The largest absolute Gasteiger partial charge is 0.497 e. The third-order valence-corrected chi connectivity index (χ3v) is 17.7. The molecule has 10 aromatic rings. The summed E-state index contributed by atoms with van der Waals surface area (Å²) in [6, 6.07) is 41.1. The number of cyclic esters (lactones) is 4. The number of aliphatic hydroxyl groups is 1. The average molecular weight is 1720 g/mol. The zero-order valence-corrected chi connectivity index (χ0v) is 72.3.